The van der Waals surface area contributed by atoms with Crippen molar-refractivity contribution in [1.82, 2.24) is 0 Å². The van der Waals surface area contributed by atoms with Crippen LogP contribution in [0.1, 0.15) is 22.3 Å². The van der Waals surface area contributed by atoms with Gasteiger partial charge in [-0.3, -0.25) is 0 Å². The molecule has 8 heteroatoms. The molecule has 0 amide bonds. The lowest BCUT2D eigenvalue weighted by atomic mass is 10.1. The van der Waals surface area contributed by atoms with Gasteiger partial charge in [0.25, 0.3) is 0 Å². The fourth-order valence-corrected chi connectivity index (χ4v) is 1.95. The highest BCUT2D eigenvalue weighted by Crippen LogP contribution is 2.29. The standard InChI is InChI=1S/C16H11F6NO/c17-15(18,19)13-5-1-11(2-6-13)9-23(24)10-12-3-7-14(8-4-12)16(20,21)22/h1-9H,10H2/b23-9-. The van der Waals surface area contributed by atoms with Crippen LogP contribution in [0.15, 0.2) is 48.5 Å². The first kappa shape index (κ1) is 17.8. The molecule has 0 aromatic heterocycles. The quantitative estimate of drug-likeness (QED) is 0.256. The Bertz CT molecular complexity index is 714. The zero-order valence-electron chi connectivity index (χ0n) is 12.0. The van der Waals surface area contributed by atoms with Crippen LogP contribution in [0.5, 0.6) is 0 Å². The summed E-state index contributed by atoms with van der Waals surface area (Å²) in [6, 6.07) is 8.04. The van der Waals surface area contributed by atoms with Crippen LogP contribution in [0, 0.1) is 5.21 Å². The molecule has 0 heterocycles. The predicted octanol–water partition coefficient (Wildman–Crippen LogP) is 4.85. The monoisotopic (exact) mass is 347 g/mol. The number of hydroxylamine groups is 1. The second kappa shape index (κ2) is 6.54. The van der Waals surface area contributed by atoms with Gasteiger partial charge in [-0.2, -0.15) is 26.3 Å². The second-order valence-electron chi connectivity index (χ2n) is 5.02. The Morgan fingerprint density at radius 1 is 0.750 bits per heavy atom. The first-order chi connectivity index (χ1) is 11.1. The van der Waals surface area contributed by atoms with E-state index >= 15 is 0 Å². The molecule has 0 atom stereocenters. The number of halogens is 6. The van der Waals surface area contributed by atoms with Gasteiger partial charge in [0, 0.05) is 11.1 Å². The SMILES string of the molecule is [O-]/[N+](=C\c1ccc(C(F)(F)F)cc1)Cc1ccc(C(F)(F)F)cc1. The second-order valence-corrected chi connectivity index (χ2v) is 5.02. The molecule has 0 aliphatic rings. The normalized spacial score (nSPS) is 13.2. The Morgan fingerprint density at radius 2 is 1.17 bits per heavy atom. The van der Waals surface area contributed by atoms with E-state index in [1.807, 2.05) is 0 Å². The van der Waals surface area contributed by atoms with E-state index in [0.29, 0.717) is 10.3 Å². The van der Waals surface area contributed by atoms with Crippen LogP contribution in [-0.2, 0) is 18.9 Å². The summed E-state index contributed by atoms with van der Waals surface area (Å²) in [5.74, 6) is 0. The lowest BCUT2D eigenvalue weighted by Gasteiger charge is -2.08. The smallest absolute Gasteiger partial charge is 0.416 e. The minimum atomic E-state index is -4.46. The van der Waals surface area contributed by atoms with Gasteiger partial charge in [0.2, 0.25) is 0 Å². The molecule has 2 nitrogen and oxygen atoms in total. The lowest BCUT2D eigenvalue weighted by molar-refractivity contribution is -0.469. The summed E-state index contributed by atoms with van der Waals surface area (Å²) in [6.45, 7) is -0.223. The summed E-state index contributed by atoms with van der Waals surface area (Å²) in [5.41, 5.74) is -1.05. The number of hydrogen-bond donors (Lipinski definition) is 0. The lowest BCUT2D eigenvalue weighted by Crippen LogP contribution is -2.08. The molecule has 0 saturated heterocycles. The Kier molecular flexibility index (Phi) is 4.86. The van der Waals surface area contributed by atoms with Crippen LogP contribution in [0.25, 0.3) is 0 Å². The number of rotatable bonds is 3. The summed E-state index contributed by atoms with van der Waals surface area (Å²) in [4.78, 5) is 0. The molecule has 128 valence electrons. The molecule has 2 aromatic carbocycles. The van der Waals surface area contributed by atoms with E-state index in [2.05, 4.69) is 0 Å². The Hall–Kier alpha value is -2.51. The zero-order chi connectivity index (χ0) is 18.0. The maximum absolute atomic E-state index is 12.4. The van der Waals surface area contributed by atoms with Gasteiger partial charge in [-0.15, -0.1) is 0 Å². The topological polar surface area (TPSA) is 26.1 Å². The summed E-state index contributed by atoms with van der Waals surface area (Å²) < 4.78 is 75.0. The first-order valence-electron chi connectivity index (χ1n) is 6.68. The molecule has 0 N–H and O–H groups in total. The molecule has 24 heavy (non-hydrogen) atoms. The van der Waals surface area contributed by atoms with Crippen LogP contribution in [-0.4, -0.2) is 11.0 Å². The van der Waals surface area contributed by atoms with Gasteiger partial charge in [0.15, 0.2) is 12.8 Å². The number of alkyl halides is 6. The van der Waals surface area contributed by atoms with Gasteiger partial charge in [-0.05, 0) is 36.4 Å². The van der Waals surface area contributed by atoms with Crippen molar-refractivity contribution in [2.24, 2.45) is 0 Å². The molecular formula is C16H11F6NO. The molecule has 0 fully saturated rings. The molecule has 2 rings (SSSR count). The van der Waals surface area contributed by atoms with Gasteiger partial charge in [0.1, 0.15) is 0 Å². The van der Waals surface area contributed by atoms with Crippen LogP contribution in [0.3, 0.4) is 0 Å². The summed E-state index contributed by atoms with van der Waals surface area (Å²) in [7, 11) is 0. The largest absolute Gasteiger partial charge is 0.624 e. The average Bonchev–Trinajstić information content (AvgIpc) is 2.46. The molecule has 0 bridgehead atoms. The minimum absolute atomic E-state index is 0.223. The Balaban J connectivity index is 2.09. The van der Waals surface area contributed by atoms with Crippen molar-refractivity contribution in [3.05, 3.63) is 76.0 Å². The van der Waals surface area contributed by atoms with E-state index in [9.17, 15) is 31.5 Å². The van der Waals surface area contributed by atoms with Gasteiger partial charge in [0.05, 0.1) is 11.1 Å². The van der Waals surface area contributed by atoms with Gasteiger partial charge < -0.3 is 5.21 Å². The molecule has 0 aliphatic carbocycles. The Labute approximate surface area is 133 Å². The van der Waals surface area contributed by atoms with E-state index in [4.69, 9.17) is 0 Å². The molecule has 0 spiro atoms. The number of benzene rings is 2. The maximum atomic E-state index is 12.4. The van der Waals surface area contributed by atoms with Crippen molar-refractivity contribution in [2.45, 2.75) is 18.9 Å². The minimum Gasteiger partial charge on any atom is -0.624 e. The van der Waals surface area contributed by atoms with Crippen LogP contribution < -0.4 is 0 Å². The highest BCUT2D eigenvalue weighted by Gasteiger charge is 2.30. The molecule has 0 radical (unpaired) electrons. The van der Waals surface area contributed by atoms with Gasteiger partial charge in [-0.1, -0.05) is 12.1 Å². The fourth-order valence-electron chi connectivity index (χ4n) is 1.95. The number of nitrogens with zero attached hydrogens (tertiary/aromatic N) is 1. The zero-order valence-corrected chi connectivity index (χ0v) is 12.0. The molecule has 0 aliphatic heterocycles. The van der Waals surface area contributed by atoms with Crippen LogP contribution >= 0.6 is 0 Å². The average molecular weight is 347 g/mol. The third-order valence-electron chi connectivity index (χ3n) is 3.15. The summed E-state index contributed by atoms with van der Waals surface area (Å²) in [5, 5.41) is 11.8. The predicted molar refractivity (Wildman–Crippen MR) is 75.4 cm³/mol. The third-order valence-corrected chi connectivity index (χ3v) is 3.15. The summed E-state index contributed by atoms with van der Waals surface area (Å²) >= 11 is 0. The van der Waals surface area contributed by atoms with Crippen molar-refractivity contribution in [1.29, 1.82) is 0 Å². The van der Waals surface area contributed by atoms with E-state index in [-0.39, 0.29) is 12.1 Å². The van der Waals surface area contributed by atoms with E-state index in [1.54, 1.807) is 0 Å². The van der Waals surface area contributed by atoms with E-state index in [0.717, 1.165) is 42.6 Å². The highest BCUT2D eigenvalue weighted by atomic mass is 19.4. The molecular weight excluding hydrogens is 336 g/mol. The molecule has 0 unspecified atom stereocenters. The fraction of sp³-hybridized carbons (Fsp3) is 0.188. The first-order valence-corrected chi connectivity index (χ1v) is 6.68. The highest BCUT2D eigenvalue weighted by molar-refractivity contribution is 5.75. The van der Waals surface area contributed by atoms with Gasteiger partial charge in [-0.25, -0.2) is 4.74 Å². The van der Waals surface area contributed by atoms with E-state index < -0.39 is 23.5 Å². The van der Waals surface area contributed by atoms with Crippen molar-refractivity contribution in [3.8, 4) is 0 Å². The van der Waals surface area contributed by atoms with Crippen molar-refractivity contribution in [3.63, 3.8) is 0 Å². The van der Waals surface area contributed by atoms with Crippen LogP contribution in [0.2, 0.25) is 0 Å². The molecule has 2 aromatic rings. The maximum Gasteiger partial charge on any atom is 0.416 e. The van der Waals surface area contributed by atoms with Crippen molar-refractivity contribution < 1.29 is 31.1 Å². The van der Waals surface area contributed by atoms with Crippen molar-refractivity contribution in [2.75, 3.05) is 0 Å². The third kappa shape index (κ3) is 4.74. The number of hydrogen-bond acceptors (Lipinski definition) is 1. The summed E-state index contributed by atoms with van der Waals surface area (Å²) in [6.07, 6.45) is -7.85. The van der Waals surface area contributed by atoms with Crippen LogP contribution in [0.4, 0.5) is 26.3 Å². The molecule has 0 saturated carbocycles. The van der Waals surface area contributed by atoms with E-state index in [1.165, 1.54) is 12.1 Å². The van der Waals surface area contributed by atoms with Gasteiger partial charge >= 0.3 is 12.4 Å². The Morgan fingerprint density at radius 3 is 1.58 bits per heavy atom. The van der Waals surface area contributed by atoms with Crippen molar-refractivity contribution >= 4 is 6.21 Å².